The highest BCUT2D eigenvalue weighted by atomic mass is 31.2. The molecule has 0 bridgehead atoms. The maximum absolute atomic E-state index is 12.0. The van der Waals surface area contributed by atoms with E-state index >= 15 is 0 Å². The van der Waals surface area contributed by atoms with Crippen LogP contribution in [-0.2, 0) is 4.57 Å². The van der Waals surface area contributed by atoms with Crippen LogP contribution in [0, 0.1) is 11.8 Å². The average molecular weight is 292 g/mol. The summed E-state index contributed by atoms with van der Waals surface area (Å²) in [6, 6.07) is 0. The van der Waals surface area contributed by atoms with Crippen LogP contribution >= 0.6 is 7.60 Å². The van der Waals surface area contributed by atoms with Crippen LogP contribution in [0.25, 0.3) is 0 Å². The van der Waals surface area contributed by atoms with Crippen LogP contribution in [0.2, 0.25) is 0 Å². The molecule has 0 fully saturated rings. The third kappa shape index (κ3) is 5.21. The quantitative estimate of drug-likeness (QED) is 0.441. The van der Waals surface area contributed by atoms with E-state index in [0.717, 1.165) is 12.8 Å². The van der Waals surface area contributed by atoms with Gasteiger partial charge in [0.2, 0.25) is 0 Å². The Kier molecular flexibility index (Phi) is 8.51. The highest BCUT2D eigenvalue weighted by molar-refractivity contribution is 7.53. The van der Waals surface area contributed by atoms with Gasteiger partial charge in [-0.3, -0.25) is 4.57 Å². The molecule has 0 spiro atoms. The van der Waals surface area contributed by atoms with Gasteiger partial charge in [0.15, 0.2) is 0 Å². The van der Waals surface area contributed by atoms with Crippen LogP contribution in [0.3, 0.4) is 0 Å². The summed E-state index contributed by atoms with van der Waals surface area (Å²) in [5.74, 6) is 0.00736. The van der Waals surface area contributed by atoms with E-state index in [1.807, 2.05) is 27.7 Å². The number of hydrogen-bond donors (Lipinski definition) is 2. The molecule has 3 nitrogen and oxygen atoms in total. The summed E-state index contributed by atoms with van der Waals surface area (Å²) in [5, 5.41) is -0.849. The van der Waals surface area contributed by atoms with Crippen LogP contribution in [0.4, 0.5) is 0 Å². The third-order valence-corrected chi connectivity index (χ3v) is 6.81. The van der Waals surface area contributed by atoms with Crippen molar-refractivity contribution in [2.75, 3.05) is 0 Å². The van der Waals surface area contributed by atoms with Crippen LogP contribution in [0.5, 0.6) is 0 Å². The molecule has 0 aromatic rings. The Labute approximate surface area is 119 Å². The second-order valence-corrected chi connectivity index (χ2v) is 8.28. The lowest BCUT2D eigenvalue weighted by molar-refractivity contribution is 0.220. The summed E-state index contributed by atoms with van der Waals surface area (Å²) in [4.78, 5) is 19.6. The molecule has 0 aliphatic carbocycles. The fourth-order valence-corrected chi connectivity index (χ4v) is 5.05. The first-order chi connectivity index (χ1) is 8.70. The highest BCUT2D eigenvalue weighted by Gasteiger charge is 2.50. The molecule has 4 heteroatoms. The lowest BCUT2D eigenvalue weighted by Gasteiger charge is -2.41. The Morgan fingerprint density at radius 3 is 1.68 bits per heavy atom. The molecular formula is C15H33O3P. The second-order valence-electron chi connectivity index (χ2n) is 6.36. The Hall–Kier alpha value is 0.150. The molecule has 0 rings (SSSR count). The van der Waals surface area contributed by atoms with Crippen molar-refractivity contribution in [3.63, 3.8) is 0 Å². The molecule has 116 valence electrons. The first-order valence-electron chi connectivity index (χ1n) is 7.75. The maximum Gasteiger partial charge on any atom is 0.332 e. The molecule has 0 saturated heterocycles. The summed E-state index contributed by atoms with van der Waals surface area (Å²) < 4.78 is 12.0. The van der Waals surface area contributed by atoms with E-state index in [9.17, 15) is 14.4 Å². The Morgan fingerprint density at radius 2 is 1.32 bits per heavy atom. The predicted octanol–water partition coefficient (Wildman–Crippen LogP) is 4.97. The topological polar surface area (TPSA) is 57.5 Å². The summed E-state index contributed by atoms with van der Waals surface area (Å²) in [5.41, 5.74) is 0. The van der Waals surface area contributed by atoms with E-state index in [0.29, 0.717) is 6.42 Å². The van der Waals surface area contributed by atoms with Crippen molar-refractivity contribution < 1.29 is 14.4 Å². The van der Waals surface area contributed by atoms with Gasteiger partial charge in [-0.2, -0.15) is 0 Å². The number of unbranched alkanes of at least 4 members (excludes halogenated alkanes) is 5. The van der Waals surface area contributed by atoms with Crippen molar-refractivity contribution in [1.29, 1.82) is 0 Å². The van der Waals surface area contributed by atoms with Gasteiger partial charge in [0.05, 0.1) is 5.16 Å². The van der Waals surface area contributed by atoms with Gasteiger partial charge in [0, 0.05) is 0 Å². The molecule has 19 heavy (non-hydrogen) atoms. The maximum atomic E-state index is 12.0. The molecule has 0 unspecified atom stereocenters. The molecule has 2 N–H and O–H groups in total. The first-order valence-corrected chi connectivity index (χ1v) is 9.37. The summed E-state index contributed by atoms with van der Waals surface area (Å²) in [7, 11) is -4.08. The summed E-state index contributed by atoms with van der Waals surface area (Å²) >= 11 is 0. The Bertz CT molecular complexity index is 273. The van der Waals surface area contributed by atoms with E-state index in [-0.39, 0.29) is 11.8 Å². The van der Waals surface area contributed by atoms with Crippen LogP contribution in [-0.4, -0.2) is 14.9 Å². The normalized spacial score (nSPS) is 13.5. The zero-order valence-electron chi connectivity index (χ0n) is 13.4. The van der Waals surface area contributed by atoms with Gasteiger partial charge in [-0.25, -0.2) is 0 Å². The molecule has 0 heterocycles. The third-order valence-electron chi connectivity index (χ3n) is 4.47. The summed E-state index contributed by atoms with van der Waals surface area (Å²) in [6.45, 7) is 9.95. The molecule has 0 aromatic heterocycles. The number of rotatable bonds is 10. The van der Waals surface area contributed by atoms with Crippen molar-refractivity contribution in [3.8, 4) is 0 Å². The Balaban J connectivity index is 4.58. The smallest absolute Gasteiger partial charge is 0.324 e. The van der Waals surface area contributed by atoms with Crippen LogP contribution in [0.15, 0.2) is 0 Å². The van der Waals surface area contributed by atoms with Crippen molar-refractivity contribution in [2.45, 2.75) is 84.7 Å². The highest BCUT2D eigenvalue weighted by Crippen LogP contribution is 2.60. The fourth-order valence-electron chi connectivity index (χ4n) is 3.25. The molecular weight excluding hydrogens is 259 g/mol. The average Bonchev–Trinajstić information content (AvgIpc) is 2.25. The second kappa shape index (κ2) is 8.44. The molecule has 0 atom stereocenters. The zero-order chi connectivity index (χ0) is 15.1. The van der Waals surface area contributed by atoms with Crippen molar-refractivity contribution in [1.82, 2.24) is 0 Å². The van der Waals surface area contributed by atoms with Gasteiger partial charge in [-0.1, -0.05) is 73.1 Å². The van der Waals surface area contributed by atoms with Crippen LogP contribution in [0.1, 0.15) is 79.6 Å². The lowest BCUT2D eigenvalue weighted by atomic mass is 9.80. The van der Waals surface area contributed by atoms with Gasteiger partial charge < -0.3 is 9.79 Å². The van der Waals surface area contributed by atoms with E-state index in [4.69, 9.17) is 0 Å². The zero-order valence-corrected chi connectivity index (χ0v) is 14.2. The minimum absolute atomic E-state index is 0.00368. The van der Waals surface area contributed by atoms with Gasteiger partial charge in [0.1, 0.15) is 0 Å². The van der Waals surface area contributed by atoms with E-state index < -0.39 is 12.8 Å². The Morgan fingerprint density at radius 1 is 0.895 bits per heavy atom. The molecule has 0 radical (unpaired) electrons. The van der Waals surface area contributed by atoms with Crippen LogP contribution < -0.4 is 0 Å². The number of hydrogen-bond acceptors (Lipinski definition) is 1. The van der Waals surface area contributed by atoms with Gasteiger partial charge in [-0.05, 0) is 18.3 Å². The minimum Gasteiger partial charge on any atom is -0.324 e. The molecule has 0 amide bonds. The van der Waals surface area contributed by atoms with Crippen molar-refractivity contribution in [2.24, 2.45) is 11.8 Å². The molecule has 0 aromatic carbocycles. The van der Waals surface area contributed by atoms with E-state index in [1.54, 1.807) is 0 Å². The van der Waals surface area contributed by atoms with Gasteiger partial charge in [-0.15, -0.1) is 0 Å². The fraction of sp³-hybridized carbons (Fsp3) is 1.00. The molecule has 0 aliphatic heterocycles. The van der Waals surface area contributed by atoms with Crippen molar-refractivity contribution in [3.05, 3.63) is 0 Å². The van der Waals surface area contributed by atoms with E-state index in [1.165, 1.54) is 25.7 Å². The van der Waals surface area contributed by atoms with Crippen molar-refractivity contribution >= 4 is 7.60 Å². The summed E-state index contributed by atoms with van der Waals surface area (Å²) in [6.07, 6.45) is 7.55. The largest absolute Gasteiger partial charge is 0.332 e. The molecule has 0 saturated carbocycles. The minimum atomic E-state index is -4.08. The van der Waals surface area contributed by atoms with Gasteiger partial charge in [0.25, 0.3) is 0 Å². The van der Waals surface area contributed by atoms with E-state index in [2.05, 4.69) is 6.92 Å². The SMILES string of the molecule is CCCCCCCCC(C(C)C)(C(C)C)P(=O)(O)O. The van der Waals surface area contributed by atoms with Gasteiger partial charge >= 0.3 is 7.60 Å². The lowest BCUT2D eigenvalue weighted by Crippen LogP contribution is -2.40. The predicted molar refractivity (Wildman–Crippen MR) is 82.4 cm³/mol. The standard InChI is InChI=1S/C15H33O3P/c1-6-7-8-9-10-11-12-15(13(2)3,14(4)5)19(16,17)18/h13-14H,6-12H2,1-5H3,(H2,16,17,18). The monoisotopic (exact) mass is 292 g/mol. The first kappa shape index (κ1) is 19.1. The molecule has 0 aliphatic rings.